The molecule has 2 unspecified atom stereocenters. The lowest BCUT2D eigenvalue weighted by Gasteiger charge is -2.33. The number of halogens is 1. The topological polar surface area (TPSA) is 20.2 Å². The van der Waals surface area contributed by atoms with Gasteiger partial charge in [-0.25, -0.2) is 4.39 Å². The van der Waals surface area contributed by atoms with Crippen LogP contribution in [0.15, 0.2) is 11.9 Å². The highest BCUT2D eigenvalue weighted by atomic mass is 19.1. The van der Waals surface area contributed by atoms with Crippen molar-refractivity contribution in [1.29, 1.82) is 0 Å². The van der Waals surface area contributed by atoms with E-state index in [1.807, 2.05) is 0 Å². The van der Waals surface area contributed by atoms with Crippen molar-refractivity contribution in [3.8, 4) is 0 Å². The first-order chi connectivity index (χ1) is 7.27. The molecule has 86 valence electrons. The number of allylic oxidation sites excluding steroid dienone is 2. The van der Waals surface area contributed by atoms with Crippen LogP contribution < -0.4 is 0 Å². The molecule has 0 heterocycles. The Morgan fingerprint density at radius 2 is 1.87 bits per heavy atom. The van der Waals surface area contributed by atoms with Crippen LogP contribution in [0.25, 0.3) is 0 Å². The minimum atomic E-state index is -0.186. The molecule has 2 aliphatic rings. The van der Waals surface area contributed by atoms with Gasteiger partial charge in [0.25, 0.3) is 0 Å². The summed E-state index contributed by atoms with van der Waals surface area (Å²) < 4.78 is 12.8. The molecule has 15 heavy (non-hydrogen) atoms. The fraction of sp³-hybridized carbons (Fsp3) is 0.846. The smallest absolute Gasteiger partial charge is 0.0960 e. The van der Waals surface area contributed by atoms with Crippen molar-refractivity contribution in [3.05, 3.63) is 11.9 Å². The predicted octanol–water partition coefficient (Wildman–Crippen LogP) is 3.58. The Balaban J connectivity index is 1.87. The number of hydrogen-bond donors (Lipinski definition) is 1. The van der Waals surface area contributed by atoms with Gasteiger partial charge in [-0.3, -0.25) is 0 Å². The molecule has 2 rings (SSSR count). The fourth-order valence-electron chi connectivity index (χ4n) is 2.99. The molecular weight excluding hydrogens is 191 g/mol. The molecule has 1 N–H and O–H groups in total. The predicted molar refractivity (Wildman–Crippen MR) is 59.1 cm³/mol. The van der Waals surface area contributed by atoms with Crippen LogP contribution in [0.4, 0.5) is 4.39 Å². The molecule has 1 fully saturated rings. The fourth-order valence-corrected chi connectivity index (χ4v) is 2.99. The van der Waals surface area contributed by atoms with E-state index >= 15 is 0 Å². The van der Waals surface area contributed by atoms with E-state index in [-0.39, 0.29) is 11.9 Å². The van der Waals surface area contributed by atoms with Gasteiger partial charge in [-0.1, -0.05) is 25.3 Å². The lowest BCUT2D eigenvalue weighted by molar-refractivity contribution is 0.0281. The lowest BCUT2D eigenvalue weighted by atomic mass is 9.77. The Bertz CT molecular complexity index is 231. The molecule has 0 aliphatic heterocycles. The van der Waals surface area contributed by atoms with Gasteiger partial charge in [0.05, 0.1) is 11.9 Å². The summed E-state index contributed by atoms with van der Waals surface area (Å²) >= 11 is 0. The standard InChI is InChI=1S/C13H21FO/c14-12-8-6-11(7-9-12)13(15)10-4-2-1-3-5-10/h8,10-11,13,15H,1-7,9H2. The molecule has 2 aliphatic carbocycles. The number of aliphatic hydroxyl groups excluding tert-OH is 1. The molecule has 0 radical (unpaired) electrons. The van der Waals surface area contributed by atoms with Crippen LogP contribution in [0, 0.1) is 11.8 Å². The summed E-state index contributed by atoms with van der Waals surface area (Å²) in [7, 11) is 0. The van der Waals surface area contributed by atoms with Crippen molar-refractivity contribution in [2.24, 2.45) is 11.8 Å². The van der Waals surface area contributed by atoms with Gasteiger partial charge >= 0.3 is 0 Å². The van der Waals surface area contributed by atoms with Gasteiger partial charge in [0, 0.05) is 0 Å². The molecule has 1 nitrogen and oxygen atoms in total. The SMILES string of the molecule is OC(C1CC=C(F)CC1)C1CCCCC1. The molecular formula is C13H21FO. The Morgan fingerprint density at radius 1 is 1.13 bits per heavy atom. The summed E-state index contributed by atoms with van der Waals surface area (Å²) in [6.45, 7) is 0. The second-order valence-electron chi connectivity index (χ2n) is 5.07. The highest BCUT2D eigenvalue weighted by Crippen LogP contribution is 2.35. The maximum Gasteiger partial charge on any atom is 0.0960 e. The average Bonchev–Trinajstić information content (AvgIpc) is 2.30. The van der Waals surface area contributed by atoms with E-state index in [0.717, 1.165) is 12.8 Å². The Labute approximate surface area is 91.4 Å². The van der Waals surface area contributed by atoms with Crippen LogP contribution in [0.5, 0.6) is 0 Å². The summed E-state index contributed by atoms with van der Waals surface area (Å²) in [6.07, 6.45) is 9.78. The van der Waals surface area contributed by atoms with Gasteiger partial charge in [-0.2, -0.15) is 0 Å². The second kappa shape index (κ2) is 5.11. The van der Waals surface area contributed by atoms with Crippen LogP contribution in [0.1, 0.15) is 51.4 Å². The molecule has 1 saturated carbocycles. The molecule has 2 atom stereocenters. The van der Waals surface area contributed by atoms with Gasteiger partial charge in [0.2, 0.25) is 0 Å². The molecule has 0 spiro atoms. The van der Waals surface area contributed by atoms with E-state index in [9.17, 15) is 9.50 Å². The van der Waals surface area contributed by atoms with Crippen LogP contribution in [0.3, 0.4) is 0 Å². The first-order valence-electron chi connectivity index (χ1n) is 6.30. The van der Waals surface area contributed by atoms with Crippen LogP contribution in [-0.2, 0) is 0 Å². The van der Waals surface area contributed by atoms with Gasteiger partial charge in [0.1, 0.15) is 0 Å². The van der Waals surface area contributed by atoms with Crippen molar-refractivity contribution < 1.29 is 9.50 Å². The minimum Gasteiger partial charge on any atom is -0.393 e. The molecule has 0 saturated heterocycles. The average molecular weight is 212 g/mol. The van der Waals surface area contributed by atoms with Gasteiger partial charge in [0.15, 0.2) is 0 Å². The third kappa shape index (κ3) is 2.81. The summed E-state index contributed by atoms with van der Waals surface area (Å²) in [5.74, 6) is 0.813. The Hall–Kier alpha value is -0.370. The normalized spacial score (nSPS) is 31.1. The maximum atomic E-state index is 12.8. The summed E-state index contributed by atoms with van der Waals surface area (Å²) in [4.78, 5) is 0. The Kier molecular flexibility index (Phi) is 3.79. The van der Waals surface area contributed by atoms with Gasteiger partial charge in [-0.15, -0.1) is 0 Å². The summed E-state index contributed by atoms with van der Waals surface area (Å²) in [5, 5.41) is 10.2. The number of rotatable bonds is 2. The van der Waals surface area contributed by atoms with E-state index in [4.69, 9.17) is 0 Å². The highest BCUT2D eigenvalue weighted by Gasteiger charge is 2.29. The second-order valence-corrected chi connectivity index (χ2v) is 5.07. The molecule has 0 amide bonds. The van der Waals surface area contributed by atoms with Crippen molar-refractivity contribution in [2.75, 3.05) is 0 Å². The van der Waals surface area contributed by atoms with Crippen molar-refractivity contribution >= 4 is 0 Å². The van der Waals surface area contributed by atoms with E-state index in [2.05, 4.69) is 0 Å². The zero-order valence-electron chi connectivity index (χ0n) is 9.29. The van der Waals surface area contributed by atoms with E-state index in [0.29, 0.717) is 18.3 Å². The molecule has 0 aromatic heterocycles. The van der Waals surface area contributed by atoms with Crippen LogP contribution >= 0.6 is 0 Å². The third-order valence-corrected chi connectivity index (χ3v) is 4.01. The van der Waals surface area contributed by atoms with Crippen LogP contribution in [0.2, 0.25) is 0 Å². The number of aliphatic hydroxyl groups is 1. The minimum absolute atomic E-state index is 0.0158. The summed E-state index contributed by atoms with van der Waals surface area (Å²) in [5.41, 5.74) is 0. The quantitative estimate of drug-likeness (QED) is 0.741. The maximum absolute atomic E-state index is 12.8. The van der Waals surface area contributed by atoms with Crippen LogP contribution in [-0.4, -0.2) is 11.2 Å². The Morgan fingerprint density at radius 3 is 2.47 bits per heavy atom. The van der Waals surface area contributed by atoms with Crippen molar-refractivity contribution in [2.45, 2.75) is 57.5 Å². The highest BCUT2D eigenvalue weighted by molar-refractivity contribution is 4.99. The van der Waals surface area contributed by atoms with E-state index in [1.54, 1.807) is 6.08 Å². The van der Waals surface area contributed by atoms with Crippen molar-refractivity contribution in [3.63, 3.8) is 0 Å². The van der Waals surface area contributed by atoms with Gasteiger partial charge < -0.3 is 5.11 Å². The summed E-state index contributed by atoms with van der Waals surface area (Å²) in [6, 6.07) is 0. The molecule has 0 bridgehead atoms. The van der Waals surface area contributed by atoms with E-state index < -0.39 is 0 Å². The molecule has 0 aromatic carbocycles. The zero-order chi connectivity index (χ0) is 10.7. The van der Waals surface area contributed by atoms with E-state index in [1.165, 1.54) is 32.1 Å². The first kappa shape index (κ1) is 11.1. The van der Waals surface area contributed by atoms with Gasteiger partial charge in [-0.05, 0) is 43.9 Å². The number of hydrogen-bond acceptors (Lipinski definition) is 1. The largest absolute Gasteiger partial charge is 0.393 e. The van der Waals surface area contributed by atoms with Crippen molar-refractivity contribution in [1.82, 2.24) is 0 Å². The third-order valence-electron chi connectivity index (χ3n) is 4.01. The zero-order valence-corrected chi connectivity index (χ0v) is 9.29. The molecule has 0 aromatic rings. The molecule has 2 heteroatoms. The first-order valence-corrected chi connectivity index (χ1v) is 6.30. The lowest BCUT2D eigenvalue weighted by Crippen LogP contribution is -2.31. The monoisotopic (exact) mass is 212 g/mol.